The SMILES string of the molecule is CCc1c(F)ccc2cc(OCOC)cc(N3CCc4c(nc(OC[C@@]56CCCN5C[C@H](F)C6)nc4N4CCCn5nc(CNCS(=O)(=O)NC)cc5C4)C3)c12. The Morgan fingerprint density at radius 3 is 2.73 bits per heavy atom. The third kappa shape index (κ3) is 7.75. The minimum absolute atomic E-state index is 0.0833. The van der Waals surface area contributed by atoms with E-state index in [0.29, 0.717) is 76.5 Å². The standard InChI is InChI=1S/C39H51F2N9O5S/c1-4-31-33(41)8-7-26-15-30(55-25-53-3)17-35(36(26)31)47-14-9-32-34(22-47)44-38(54-23-39-10-5-12-49(39)20-27(40)18-39)45-37(32)48-11-6-13-50-29(21-48)16-28(46-50)19-43-24-56(51,52)42-2/h7-8,15-17,27,42-43H,4-6,9-14,18-25H2,1-3H3/t27-,39+/m1/s1. The molecule has 0 aliphatic carbocycles. The van der Waals surface area contributed by atoms with Gasteiger partial charge in [-0.25, -0.2) is 21.9 Å². The van der Waals surface area contributed by atoms with Gasteiger partial charge < -0.3 is 24.0 Å². The lowest BCUT2D eigenvalue weighted by Crippen LogP contribution is -2.43. The summed E-state index contributed by atoms with van der Waals surface area (Å²) in [4.78, 5) is 16.9. The molecule has 0 bridgehead atoms. The first-order valence-corrected chi connectivity index (χ1v) is 21.2. The molecule has 0 amide bonds. The van der Waals surface area contributed by atoms with Crippen molar-refractivity contribution in [2.45, 2.75) is 83.3 Å². The summed E-state index contributed by atoms with van der Waals surface area (Å²) in [6, 6.07) is 9.47. The van der Waals surface area contributed by atoms with E-state index >= 15 is 4.39 Å². The van der Waals surface area contributed by atoms with E-state index < -0.39 is 16.2 Å². The summed E-state index contributed by atoms with van der Waals surface area (Å²) in [6.45, 7) is 7.01. The Bertz CT molecular complexity index is 2190. The zero-order valence-electron chi connectivity index (χ0n) is 32.3. The van der Waals surface area contributed by atoms with Crippen LogP contribution >= 0.6 is 0 Å². The maximum absolute atomic E-state index is 15.3. The van der Waals surface area contributed by atoms with Crippen molar-refractivity contribution in [1.29, 1.82) is 0 Å². The molecule has 6 heterocycles. The number of fused-ring (bicyclic) bond motifs is 4. The number of ether oxygens (including phenoxy) is 3. The highest BCUT2D eigenvalue weighted by Crippen LogP contribution is 2.42. The normalized spacial score (nSPS) is 21.3. The van der Waals surface area contributed by atoms with Crippen LogP contribution in [0, 0.1) is 5.82 Å². The van der Waals surface area contributed by atoms with Crippen LogP contribution < -0.4 is 29.3 Å². The Kier molecular flexibility index (Phi) is 11.1. The monoisotopic (exact) mass is 795 g/mol. The van der Waals surface area contributed by atoms with Crippen LogP contribution in [0.3, 0.4) is 0 Å². The van der Waals surface area contributed by atoms with Crippen LogP contribution in [0.4, 0.5) is 20.3 Å². The van der Waals surface area contributed by atoms with Gasteiger partial charge in [-0.2, -0.15) is 15.1 Å². The number of aryl methyl sites for hydroxylation is 2. The van der Waals surface area contributed by atoms with Crippen LogP contribution in [0.1, 0.15) is 60.8 Å². The Morgan fingerprint density at radius 1 is 1.04 bits per heavy atom. The maximum atomic E-state index is 15.3. The van der Waals surface area contributed by atoms with Crippen LogP contribution in [-0.4, -0.2) is 104 Å². The molecule has 0 spiro atoms. The van der Waals surface area contributed by atoms with E-state index in [2.05, 4.69) is 24.7 Å². The predicted molar refractivity (Wildman–Crippen MR) is 209 cm³/mol. The van der Waals surface area contributed by atoms with Gasteiger partial charge in [-0.15, -0.1) is 0 Å². The zero-order chi connectivity index (χ0) is 39.0. The summed E-state index contributed by atoms with van der Waals surface area (Å²) in [5.74, 6) is 0.986. The fraction of sp³-hybridized carbons (Fsp3) is 0.564. The Morgan fingerprint density at radius 2 is 1.91 bits per heavy atom. The minimum atomic E-state index is -3.40. The second-order valence-electron chi connectivity index (χ2n) is 15.3. The second kappa shape index (κ2) is 16.0. The van der Waals surface area contributed by atoms with E-state index in [1.54, 1.807) is 13.2 Å². The third-order valence-corrected chi connectivity index (χ3v) is 12.9. The Hall–Kier alpha value is -4.16. The molecular formula is C39H51F2N9O5S. The summed E-state index contributed by atoms with van der Waals surface area (Å²) < 4.78 is 75.9. The minimum Gasteiger partial charge on any atom is -0.467 e. The molecule has 56 heavy (non-hydrogen) atoms. The smallest absolute Gasteiger partial charge is 0.318 e. The van der Waals surface area contributed by atoms with Gasteiger partial charge in [0.15, 0.2) is 6.79 Å². The molecule has 4 aromatic rings. The first-order valence-electron chi connectivity index (χ1n) is 19.5. The molecule has 2 aromatic heterocycles. The lowest BCUT2D eigenvalue weighted by Gasteiger charge is -2.35. The molecule has 17 heteroatoms. The van der Waals surface area contributed by atoms with Crippen molar-refractivity contribution in [3.8, 4) is 11.8 Å². The predicted octanol–water partition coefficient (Wildman–Crippen LogP) is 4.04. The van der Waals surface area contributed by atoms with Crippen LogP contribution in [0.2, 0.25) is 0 Å². The van der Waals surface area contributed by atoms with Gasteiger partial charge in [0.25, 0.3) is 0 Å². The van der Waals surface area contributed by atoms with Crippen LogP contribution in [0.15, 0.2) is 30.3 Å². The van der Waals surface area contributed by atoms with E-state index in [9.17, 15) is 12.8 Å². The molecule has 2 fully saturated rings. The van der Waals surface area contributed by atoms with Crippen LogP contribution in [0.25, 0.3) is 10.8 Å². The molecule has 4 aliphatic heterocycles. The van der Waals surface area contributed by atoms with Crippen LogP contribution in [-0.2, 0) is 53.8 Å². The van der Waals surface area contributed by atoms with Crippen molar-refractivity contribution in [2.24, 2.45) is 0 Å². The number of rotatable bonds is 14. The number of sulfonamides is 1. The number of hydrogen-bond donors (Lipinski definition) is 2. The molecule has 4 aliphatic rings. The number of anilines is 2. The largest absolute Gasteiger partial charge is 0.467 e. The Balaban J connectivity index is 1.14. The molecule has 2 saturated heterocycles. The van der Waals surface area contributed by atoms with Gasteiger partial charge in [0.1, 0.15) is 36.0 Å². The fourth-order valence-electron chi connectivity index (χ4n) is 9.01. The molecule has 0 radical (unpaired) electrons. The lowest BCUT2D eigenvalue weighted by molar-refractivity contribution is 0.0512. The van der Waals surface area contributed by atoms with Gasteiger partial charge in [-0.3, -0.25) is 14.9 Å². The number of nitrogens with zero attached hydrogens (tertiary/aromatic N) is 7. The highest BCUT2D eigenvalue weighted by molar-refractivity contribution is 7.89. The summed E-state index contributed by atoms with van der Waals surface area (Å²) in [5.41, 5.74) is 4.76. The summed E-state index contributed by atoms with van der Waals surface area (Å²) in [7, 11) is -0.432. The highest BCUT2D eigenvalue weighted by atomic mass is 32.2. The number of hydrogen-bond acceptors (Lipinski definition) is 12. The number of halogens is 2. The van der Waals surface area contributed by atoms with E-state index in [1.165, 1.54) is 13.1 Å². The Labute approximate surface area is 326 Å². The van der Waals surface area contributed by atoms with Crippen molar-refractivity contribution in [1.82, 2.24) is 34.7 Å². The molecule has 14 nitrogen and oxygen atoms in total. The average molecular weight is 796 g/mol. The second-order valence-corrected chi connectivity index (χ2v) is 17.2. The average Bonchev–Trinajstić information content (AvgIpc) is 3.81. The van der Waals surface area contributed by atoms with Gasteiger partial charge >= 0.3 is 6.01 Å². The maximum Gasteiger partial charge on any atom is 0.318 e. The van der Waals surface area contributed by atoms with Crippen molar-refractivity contribution in [2.75, 3.05) is 69.4 Å². The fourth-order valence-corrected chi connectivity index (χ4v) is 9.53. The summed E-state index contributed by atoms with van der Waals surface area (Å²) in [6.07, 6.45) is 3.43. The molecule has 8 rings (SSSR count). The summed E-state index contributed by atoms with van der Waals surface area (Å²) >= 11 is 0. The van der Waals surface area contributed by atoms with E-state index in [0.717, 1.165) is 77.3 Å². The molecule has 2 N–H and O–H groups in total. The number of nitrogens with one attached hydrogen (secondary N) is 2. The molecule has 2 aromatic carbocycles. The van der Waals surface area contributed by atoms with Gasteiger partial charge in [0.05, 0.1) is 35.7 Å². The first-order chi connectivity index (χ1) is 27.1. The quantitative estimate of drug-likeness (QED) is 0.178. The van der Waals surface area contributed by atoms with Crippen molar-refractivity contribution in [3.63, 3.8) is 0 Å². The van der Waals surface area contributed by atoms with E-state index in [1.807, 2.05) is 29.8 Å². The molecule has 0 unspecified atom stereocenters. The van der Waals surface area contributed by atoms with Gasteiger partial charge in [0.2, 0.25) is 10.0 Å². The molecular weight excluding hydrogens is 745 g/mol. The molecule has 0 saturated carbocycles. The molecule has 2 atom stereocenters. The zero-order valence-corrected chi connectivity index (χ0v) is 33.1. The van der Waals surface area contributed by atoms with Gasteiger partial charge in [0, 0.05) is 69.0 Å². The van der Waals surface area contributed by atoms with Crippen molar-refractivity contribution >= 4 is 32.3 Å². The van der Waals surface area contributed by atoms with Crippen molar-refractivity contribution in [3.05, 3.63) is 64.4 Å². The highest BCUT2D eigenvalue weighted by Gasteiger charge is 2.49. The van der Waals surface area contributed by atoms with Crippen LogP contribution in [0.5, 0.6) is 11.8 Å². The number of alkyl halides is 1. The van der Waals surface area contributed by atoms with Crippen molar-refractivity contribution < 1.29 is 31.4 Å². The van der Waals surface area contributed by atoms with Gasteiger partial charge in [-0.1, -0.05) is 13.0 Å². The topological polar surface area (TPSA) is 139 Å². The van der Waals surface area contributed by atoms with Gasteiger partial charge in [-0.05, 0) is 74.8 Å². The number of benzene rings is 2. The lowest BCUT2D eigenvalue weighted by atomic mass is 9.95. The third-order valence-electron chi connectivity index (χ3n) is 11.7. The number of aromatic nitrogens is 4. The molecule has 302 valence electrons. The summed E-state index contributed by atoms with van der Waals surface area (Å²) in [5, 5.41) is 9.49. The van der Waals surface area contributed by atoms with E-state index in [4.69, 9.17) is 29.3 Å². The first kappa shape index (κ1) is 38.7. The van der Waals surface area contributed by atoms with E-state index in [-0.39, 0.29) is 30.0 Å². The number of methoxy groups -OCH3 is 1.